The van der Waals surface area contributed by atoms with Crippen LogP contribution < -0.4 is 9.64 Å². The first kappa shape index (κ1) is 21.2. The van der Waals surface area contributed by atoms with Gasteiger partial charge in [-0.1, -0.05) is 36.4 Å². The van der Waals surface area contributed by atoms with Crippen molar-refractivity contribution in [3.63, 3.8) is 0 Å². The molecule has 7 heteroatoms. The van der Waals surface area contributed by atoms with Crippen molar-refractivity contribution < 1.29 is 9.53 Å². The number of aryl methyl sites for hydroxylation is 1. The summed E-state index contributed by atoms with van der Waals surface area (Å²) in [5.41, 5.74) is 1.86. The van der Waals surface area contributed by atoms with Crippen LogP contribution in [0.5, 0.6) is 11.6 Å². The van der Waals surface area contributed by atoms with Gasteiger partial charge in [0.2, 0.25) is 5.88 Å². The van der Waals surface area contributed by atoms with E-state index in [1.807, 2.05) is 78.6 Å². The van der Waals surface area contributed by atoms with Crippen molar-refractivity contribution >= 4 is 23.1 Å². The minimum Gasteiger partial charge on any atom is -0.439 e. The molecule has 3 heterocycles. The average molecular weight is 457 g/mol. The van der Waals surface area contributed by atoms with E-state index in [1.165, 1.54) is 4.88 Å². The van der Waals surface area contributed by atoms with Crippen LogP contribution in [0, 0.1) is 6.92 Å². The molecule has 0 aliphatic carbocycles. The summed E-state index contributed by atoms with van der Waals surface area (Å²) in [6.45, 7) is 4.56. The summed E-state index contributed by atoms with van der Waals surface area (Å²) in [4.78, 5) is 27.3. The van der Waals surface area contributed by atoms with Gasteiger partial charge in [0, 0.05) is 42.7 Å². The summed E-state index contributed by atoms with van der Waals surface area (Å²) in [7, 11) is 0. The van der Waals surface area contributed by atoms with Gasteiger partial charge in [-0.15, -0.1) is 11.3 Å². The van der Waals surface area contributed by atoms with Gasteiger partial charge in [0.1, 0.15) is 17.4 Å². The number of carbonyl (C=O) groups is 1. The van der Waals surface area contributed by atoms with Gasteiger partial charge in [-0.3, -0.25) is 4.79 Å². The van der Waals surface area contributed by atoms with E-state index in [1.54, 1.807) is 11.3 Å². The Balaban J connectivity index is 1.23. The number of para-hydroxylation sites is 1. The van der Waals surface area contributed by atoms with Crippen LogP contribution in [-0.4, -0.2) is 47.0 Å². The van der Waals surface area contributed by atoms with Crippen LogP contribution in [0.25, 0.3) is 10.4 Å². The van der Waals surface area contributed by atoms with Crippen molar-refractivity contribution in [3.05, 3.63) is 89.6 Å². The van der Waals surface area contributed by atoms with Crippen molar-refractivity contribution in [2.75, 3.05) is 31.1 Å². The summed E-state index contributed by atoms with van der Waals surface area (Å²) in [5, 5.41) is 2.06. The number of carbonyl (C=O) groups excluding carboxylic acids is 1. The number of rotatable bonds is 5. The molecule has 0 N–H and O–H groups in total. The number of amides is 1. The lowest BCUT2D eigenvalue weighted by Gasteiger charge is -2.35. The Bertz CT molecular complexity index is 1220. The maximum Gasteiger partial charge on any atom is 0.253 e. The minimum atomic E-state index is 0.0688. The zero-order chi connectivity index (χ0) is 22.6. The van der Waals surface area contributed by atoms with E-state index in [2.05, 4.69) is 26.3 Å². The predicted molar refractivity (Wildman–Crippen MR) is 131 cm³/mol. The number of piperazine rings is 1. The molecule has 2 aromatic carbocycles. The summed E-state index contributed by atoms with van der Waals surface area (Å²) >= 11 is 1.70. The van der Waals surface area contributed by atoms with Crippen LogP contribution in [-0.2, 0) is 0 Å². The Morgan fingerprint density at radius 2 is 1.67 bits per heavy atom. The highest BCUT2D eigenvalue weighted by Crippen LogP contribution is 2.26. The maximum absolute atomic E-state index is 13.0. The quantitative estimate of drug-likeness (QED) is 0.410. The Labute approximate surface area is 197 Å². The molecule has 166 valence electrons. The molecule has 33 heavy (non-hydrogen) atoms. The van der Waals surface area contributed by atoms with E-state index in [0.29, 0.717) is 37.9 Å². The SMILES string of the molecule is Cc1nc(Oc2ccccc2)cc(N2CCN(C(=O)c3ccc(-c4cccs4)cc3)CC2)n1. The number of aromatic nitrogens is 2. The molecule has 0 unspecified atom stereocenters. The van der Waals surface area contributed by atoms with E-state index in [9.17, 15) is 4.79 Å². The summed E-state index contributed by atoms with van der Waals surface area (Å²) < 4.78 is 5.90. The molecule has 0 radical (unpaired) electrons. The third kappa shape index (κ3) is 4.88. The zero-order valence-electron chi connectivity index (χ0n) is 18.3. The lowest BCUT2D eigenvalue weighted by molar-refractivity contribution is 0.0746. The van der Waals surface area contributed by atoms with E-state index >= 15 is 0 Å². The standard InChI is InChI=1S/C26H24N4O2S/c1-19-27-24(18-25(28-19)32-22-6-3-2-4-7-22)29-13-15-30(16-14-29)26(31)21-11-9-20(10-12-21)23-8-5-17-33-23/h2-12,17-18H,13-16H2,1H3. The first-order valence-electron chi connectivity index (χ1n) is 10.9. The highest BCUT2D eigenvalue weighted by Gasteiger charge is 2.23. The number of hydrogen-bond acceptors (Lipinski definition) is 6. The number of thiophene rings is 1. The molecule has 4 aromatic rings. The van der Waals surface area contributed by atoms with Crippen LogP contribution in [0.4, 0.5) is 5.82 Å². The number of nitrogens with zero attached hydrogens (tertiary/aromatic N) is 4. The molecule has 0 spiro atoms. The van der Waals surface area contributed by atoms with Gasteiger partial charge in [-0.05, 0) is 48.2 Å². The normalized spacial score (nSPS) is 13.7. The molecule has 0 bridgehead atoms. The predicted octanol–water partition coefficient (Wildman–Crippen LogP) is 5.27. The fraction of sp³-hybridized carbons (Fsp3) is 0.192. The fourth-order valence-corrected chi connectivity index (χ4v) is 4.62. The van der Waals surface area contributed by atoms with Crippen molar-refractivity contribution in [1.82, 2.24) is 14.9 Å². The lowest BCUT2D eigenvalue weighted by atomic mass is 10.1. The molecular formula is C26H24N4O2S. The maximum atomic E-state index is 13.0. The van der Waals surface area contributed by atoms with Gasteiger partial charge in [-0.2, -0.15) is 4.98 Å². The Hall–Kier alpha value is -3.71. The van der Waals surface area contributed by atoms with Gasteiger partial charge in [0.25, 0.3) is 5.91 Å². The van der Waals surface area contributed by atoms with Gasteiger partial charge in [0.15, 0.2) is 0 Å². The molecule has 1 amide bonds. The molecular weight excluding hydrogens is 432 g/mol. The molecule has 5 rings (SSSR count). The van der Waals surface area contributed by atoms with Crippen molar-refractivity contribution in [3.8, 4) is 22.1 Å². The van der Waals surface area contributed by atoms with Crippen molar-refractivity contribution in [1.29, 1.82) is 0 Å². The highest BCUT2D eigenvalue weighted by molar-refractivity contribution is 7.13. The lowest BCUT2D eigenvalue weighted by Crippen LogP contribution is -2.49. The number of ether oxygens (including phenoxy) is 1. The molecule has 2 aromatic heterocycles. The van der Waals surface area contributed by atoms with E-state index < -0.39 is 0 Å². The smallest absolute Gasteiger partial charge is 0.253 e. The second-order valence-electron chi connectivity index (χ2n) is 7.86. The van der Waals surface area contributed by atoms with Crippen molar-refractivity contribution in [2.24, 2.45) is 0 Å². The molecule has 1 saturated heterocycles. The zero-order valence-corrected chi connectivity index (χ0v) is 19.2. The van der Waals surface area contributed by atoms with Gasteiger partial charge < -0.3 is 14.5 Å². The summed E-state index contributed by atoms with van der Waals surface area (Å²) in [5.74, 6) is 2.80. The summed E-state index contributed by atoms with van der Waals surface area (Å²) in [6.07, 6.45) is 0. The minimum absolute atomic E-state index is 0.0688. The second-order valence-corrected chi connectivity index (χ2v) is 8.81. The molecule has 1 fully saturated rings. The number of hydrogen-bond donors (Lipinski definition) is 0. The van der Waals surface area contributed by atoms with Gasteiger partial charge >= 0.3 is 0 Å². The number of benzene rings is 2. The first-order chi connectivity index (χ1) is 16.2. The topological polar surface area (TPSA) is 58.6 Å². The Morgan fingerprint density at radius 3 is 2.36 bits per heavy atom. The van der Waals surface area contributed by atoms with Crippen LogP contribution in [0.1, 0.15) is 16.2 Å². The Morgan fingerprint density at radius 1 is 0.909 bits per heavy atom. The van der Waals surface area contributed by atoms with Crippen molar-refractivity contribution in [2.45, 2.75) is 6.92 Å². The van der Waals surface area contributed by atoms with Gasteiger partial charge in [-0.25, -0.2) is 4.98 Å². The largest absolute Gasteiger partial charge is 0.439 e. The third-order valence-corrected chi connectivity index (χ3v) is 6.51. The van der Waals surface area contributed by atoms with Crippen LogP contribution >= 0.6 is 11.3 Å². The van der Waals surface area contributed by atoms with E-state index in [0.717, 1.165) is 22.7 Å². The molecule has 6 nitrogen and oxygen atoms in total. The van der Waals surface area contributed by atoms with E-state index in [4.69, 9.17) is 4.74 Å². The number of anilines is 1. The molecule has 0 atom stereocenters. The highest BCUT2D eigenvalue weighted by atomic mass is 32.1. The van der Waals surface area contributed by atoms with Crippen LogP contribution in [0.15, 0.2) is 78.2 Å². The van der Waals surface area contributed by atoms with E-state index in [-0.39, 0.29) is 5.91 Å². The second kappa shape index (κ2) is 9.42. The van der Waals surface area contributed by atoms with Crippen LogP contribution in [0.3, 0.4) is 0 Å². The van der Waals surface area contributed by atoms with Gasteiger partial charge in [0.05, 0.1) is 0 Å². The first-order valence-corrected chi connectivity index (χ1v) is 11.8. The fourth-order valence-electron chi connectivity index (χ4n) is 3.89. The molecule has 0 saturated carbocycles. The molecule has 1 aliphatic rings. The van der Waals surface area contributed by atoms with Crippen LogP contribution in [0.2, 0.25) is 0 Å². The summed E-state index contributed by atoms with van der Waals surface area (Å²) in [6, 6.07) is 23.5. The monoisotopic (exact) mass is 456 g/mol. The Kier molecular flexibility index (Phi) is 6.04. The third-order valence-electron chi connectivity index (χ3n) is 5.59. The molecule has 1 aliphatic heterocycles. The average Bonchev–Trinajstić information content (AvgIpc) is 3.39.